The minimum Gasteiger partial charge on any atom is -0.493 e. The first-order chi connectivity index (χ1) is 40.7. The highest BCUT2D eigenvalue weighted by atomic mass is 16.5. The Morgan fingerprint density at radius 2 is 0.583 bits per heavy atom. The summed E-state index contributed by atoms with van der Waals surface area (Å²) in [6.07, 6.45) is 8.76. The van der Waals surface area contributed by atoms with Crippen LogP contribution in [0.4, 0.5) is 0 Å². The summed E-state index contributed by atoms with van der Waals surface area (Å²) >= 11 is 0. The fourth-order valence-electron chi connectivity index (χ4n) is 12.0. The Morgan fingerprint density at radius 1 is 0.298 bits per heavy atom. The standard InChI is InChI=1S/C76H72N4O4/c1-43(2)47-13-21-51(22-14-47)71-61-31-32-62(77-61)72(52-23-15-48(16-24-52)44(3)4)64-34-36-66(79-64)74(54-27-19-50(20-28-54)46(7)8)76-60-42-58(56-30-38-68(82-10)70(40-56)84-12)57(55-29-37-67(81-9)69(39-55)83-11)41-59(60)75(80-76)73(65-35-33-63(71)78-65)53-25-17-49(18-26-53)45(5)6/h13-46,77,80H,1-12H3. The molecule has 2 aliphatic heterocycles. The lowest BCUT2D eigenvalue weighted by Gasteiger charge is -2.16. The van der Waals surface area contributed by atoms with Gasteiger partial charge in [-0.25, -0.2) is 9.97 Å². The highest BCUT2D eigenvalue weighted by Gasteiger charge is 2.25. The van der Waals surface area contributed by atoms with Gasteiger partial charge in [-0.15, -0.1) is 0 Å². The van der Waals surface area contributed by atoms with Crippen LogP contribution < -0.4 is 18.9 Å². The van der Waals surface area contributed by atoms with Crippen molar-refractivity contribution in [2.45, 2.75) is 79.1 Å². The summed E-state index contributed by atoms with van der Waals surface area (Å²) in [5.74, 6) is 3.96. The smallest absolute Gasteiger partial charge is 0.161 e. The second kappa shape index (κ2) is 22.7. The molecule has 84 heavy (non-hydrogen) atoms. The van der Waals surface area contributed by atoms with Crippen LogP contribution in [0, 0.1) is 0 Å². The van der Waals surface area contributed by atoms with Gasteiger partial charge in [-0.2, -0.15) is 0 Å². The first-order valence-electron chi connectivity index (χ1n) is 29.3. The number of benzene rings is 7. The molecule has 0 atom stereocenters. The number of nitrogens with zero attached hydrogens (tertiary/aromatic N) is 2. The molecule has 420 valence electrons. The van der Waals surface area contributed by atoms with Crippen LogP contribution >= 0.6 is 0 Å². The van der Waals surface area contributed by atoms with Gasteiger partial charge in [-0.1, -0.05) is 165 Å². The molecule has 3 aromatic heterocycles. The molecule has 0 radical (unpaired) electrons. The number of nitrogens with one attached hydrogen (secondary N) is 2. The second-order valence-corrected chi connectivity index (χ2v) is 23.3. The molecule has 8 heteroatoms. The molecule has 0 aliphatic carbocycles. The van der Waals surface area contributed by atoms with E-state index in [-0.39, 0.29) is 0 Å². The normalized spacial score (nSPS) is 12.1. The molecule has 2 aliphatic rings. The fourth-order valence-corrected chi connectivity index (χ4v) is 12.0. The van der Waals surface area contributed by atoms with Crippen molar-refractivity contribution in [2.75, 3.05) is 28.4 Å². The first-order valence-corrected chi connectivity index (χ1v) is 29.3. The lowest BCUT2D eigenvalue weighted by atomic mass is 9.90. The van der Waals surface area contributed by atoms with Crippen molar-refractivity contribution in [1.29, 1.82) is 0 Å². The van der Waals surface area contributed by atoms with Crippen LogP contribution in [0.3, 0.4) is 0 Å². The Bertz CT molecular complexity index is 4110. The number of rotatable bonds is 14. The largest absolute Gasteiger partial charge is 0.493 e. The summed E-state index contributed by atoms with van der Waals surface area (Å²) in [4.78, 5) is 19.8. The minimum atomic E-state index is 0.338. The third kappa shape index (κ3) is 10.1. The minimum absolute atomic E-state index is 0.338. The Hall–Kier alpha value is -9.40. The van der Waals surface area contributed by atoms with Gasteiger partial charge in [-0.3, -0.25) is 0 Å². The van der Waals surface area contributed by atoms with Crippen LogP contribution in [0.25, 0.3) is 124 Å². The van der Waals surface area contributed by atoms with Gasteiger partial charge in [0, 0.05) is 44.1 Å². The summed E-state index contributed by atoms with van der Waals surface area (Å²) in [5.41, 5.74) is 24.1. The molecule has 8 nitrogen and oxygen atoms in total. The number of aromatic nitrogens is 4. The van der Waals surface area contributed by atoms with Gasteiger partial charge in [0.15, 0.2) is 23.0 Å². The predicted molar refractivity (Wildman–Crippen MR) is 352 cm³/mol. The summed E-state index contributed by atoms with van der Waals surface area (Å²) in [6, 6.07) is 57.4. The molecule has 0 saturated carbocycles. The van der Waals surface area contributed by atoms with E-state index >= 15 is 0 Å². The third-order valence-electron chi connectivity index (χ3n) is 16.8. The molecule has 5 heterocycles. The molecule has 0 amide bonds. The van der Waals surface area contributed by atoms with Gasteiger partial charge in [0.25, 0.3) is 0 Å². The molecule has 7 aromatic carbocycles. The van der Waals surface area contributed by atoms with Gasteiger partial charge in [0.2, 0.25) is 0 Å². The molecule has 0 spiro atoms. The van der Waals surface area contributed by atoms with Crippen LogP contribution in [0.5, 0.6) is 23.0 Å². The number of ether oxygens (including phenoxy) is 4. The number of hydrogen-bond acceptors (Lipinski definition) is 6. The highest BCUT2D eigenvalue weighted by Crippen LogP contribution is 2.48. The van der Waals surface area contributed by atoms with E-state index < -0.39 is 0 Å². The van der Waals surface area contributed by atoms with Crippen LogP contribution in [0.1, 0.15) is 124 Å². The summed E-state index contributed by atoms with van der Waals surface area (Å²) in [6.45, 7) is 17.9. The topological polar surface area (TPSA) is 94.3 Å². The quantitative estimate of drug-likeness (QED) is 0.113. The molecule has 8 bridgehead atoms. The molecular formula is C76H72N4O4. The molecule has 0 unspecified atom stereocenters. The van der Waals surface area contributed by atoms with Gasteiger partial charge in [-0.05, 0) is 163 Å². The second-order valence-electron chi connectivity index (χ2n) is 23.3. The predicted octanol–water partition coefficient (Wildman–Crippen LogP) is 20.3. The maximum atomic E-state index is 6.02. The fraction of sp³-hybridized carbons (Fsp3) is 0.211. The van der Waals surface area contributed by atoms with E-state index in [1.807, 2.05) is 12.1 Å². The average molecular weight is 1110 g/mol. The van der Waals surface area contributed by atoms with E-state index in [1.54, 1.807) is 28.4 Å². The maximum Gasteiger partial charge on any atom is 0.161 e. The van der Waals surface area contributed by atoms with Crippen molar-refractivity contribution >= 4 is 57.1 Å². The molecule has 2 N–H and O–H groups in total. The van der Waals surface area contributed by atoms with Crippen molar-refractivity contribution < 1.29 is 18.9 Å². The van der Waals surface area contributed by atoms with Gasteiger partial charge in [0.1, 0.15) is 0 Å². The van der Waals surface area contributed by atoms with Crippen molar-refractivity contribution in [1.82, 2.24) is 19.9 Å². The van der Waals surface area contributed by atoms with Crippen LogP contribution in [-0.2, 0) is 0 Å². The van der Waals surface area contributed by atoms with Gasteiger partial charge < -0.3 is 28.9 Å². The number of methoxy groups -OCH3 is 4. The van der Waals surface area contributed by atoms with E-state index in [9.17, 15) is 0 Å². The zero-order valence-corrected chi connectivity index (χ0v) is 50.2. The van der Waals surface area contributed by atoms with E-state index in [1.165, 1.54) is 22.3 Å². The summed E-state index contributed by atoms with van der Waals surface area (Å²) < 4.78 is 23.7. The Balaban J connectivity index is 1.33. The van der Waals surface area contributed by atoms with E-state index in [4.69, 9.17) is 28.9 Å². The molecule has 0 saturated heterocycles. The Kier molecular flexibility index (Phi) is 14.9. The zero-order chi connectivity index (χ0) is 58.5. The number of fused-ring (bicyclic) bond motifs is 11. The van der Waals surface area contributed by atoms with Crippen molar-refractivity contribution in [3.05, 3.63) is 203 Å². The Morgan fingerprint density at radius 3 is 0.881 bits per heavy atom. The maximum absolute atomic E-state index is 6.02. The lowest BCUT2D eigenvalue weighted by Crippen LogP contribution is -1.94. The highest BCUT2D eigenvalue weighted by molar-refractivity contribution is 6.19. The van der Waals surface area contributed by atoms with Gasteiger partial charge >= 0.3 is 0 Å². The Labute approximate surface area is 493 Å². The molecular weight excluding hydrogens is 1030 g/mol. The SMILES string of the molecule is COc1ccc(-c2cc3c4[nH]c(c(-c5ccc(C(C)C)cc5)c5nc(c(-c6ccc(C(C)C)cc6)c6ccc([nH]6)c(-c6ccc(C(C)C)cc6)c6nc(c4-c4ccc(C(C)C)cc4)C=C6)C=C5)c3cc2-c2ccc(OC)c(OC)c2)cc1OC. The zero-order valence-electron chi connectivity index (χ0n) is 50.2. The van der Waals surface area contributed by atoms with Crippen molar-refractivity contribution in [3.63, 3.8) is 0 Å². The molecule has 12 rings (SSSR count). The monoisotopic (exact) mass is 1100 g/mol. The van der Waals surface area contributed by atoms with E-state index in [0.29, 0.717) is 46.7 Å². The van der Waals surface area contributed by atoms with Crippen molar-refractivity contribution in [2.24, 2.45) is 0 Å². The first kappa shape index (κ1) is 55.2. The summed E-state index contributed by atoms with van der Waals surface area (Å²) in [7, 11) is 6.70. The van der Waals surface area contributed by atoms with Crippen LogP contribution in [-0.4, -0.2) is 48.4 Å². The number of H-pyrrole nitrogens is 2. The lowest BCUT2D eigenvalue weighted by molar-refractivity contribution is 0.355. The third-order valence-corrected chi connectivity index (χ3v) is 16.8. The van der Waals surface area contributed by atoms with Crippen LogP contribution in [0.15, 0.2) is 158 Å². The van der Waals surface area contributed by atoms with E-state index in [0.717, 1.165) is 122 Å². The number of hydrogen-bond donors (Lipinski definition) is 2. The molecule has 0 fully saturated rings. The van der Waals surface area contributed by atoms with Crippen LogP contribution in [0.2, 0.25) is 0 Å². The van der Waals surface area contributed by atoms with E-state index in [2.05, 4.69) is 235 Å². The van der Waals surface area contributed by atoms with Gasteiger partial charge in [0.05, 0.1) is 62.2 Å². The number of aromatic amines is 2. The average Bonchev–Trinajstić information content (AvgIpc) is 2.06. The van der Waals surface area contributed by atoms with Crippen molar-refractivity contribution in [3.8, 4) is 89.8 Å². The molecule has 10 aromatic rings. The summed E-state index contributed by atoms with van der Waals surface area (Å²) in [5, 5.41) is 2.00.